The summed E-state index contributed by atoms with van der Waals surface area (Å²) in [6, 6.07) is 0. The molecule has 0 aliphatic heterocycles. The fraction of sp³-hybridized carbons (Fsp3) is 1.00. The number of hydrogen-bond donors (Lipinski definition) is 1. The Morgan fingerprint density at radius 3 is 2.12 bits per heavy atom. The zero-order chi connectivity index (χ0) is 12.5. The van der Waals surface area contributed by atoms with E-state index in [9.17, 15) is 0 Å². The minimum Gasteiger partial charge on any atom is -0.179 e. The van der Waals surface area contributed by atoms with Crippen molar-refractivity contribution in [1.29, 1.82) is 0 Å². The van der Waals surface area contributed by atoms with Crippen molar-refractivity contribution in [2.24, 2.45) is 17.8 Å². The molecular weight excluding hydrogens is 224 g/mol. The molecule has 1 rings (SSSR count). The standard InChI is InChI=1S/C16H32S/c1-3-5-15-8-10-16(11-9-15)7-4-6-14(2)12-13-17/h14-17H,3-13H2,1-2H3/t14-,15?,16?/m1/s1. The van der Waals surface area contributed by atoms with Crippen LogP contribution in [0.25, 0.3) is 0 Å². The highest BCUT2D eigenvalue weighted by molar-refractivity contribution is 7.80. The lowest BCUT2D eigenvalue weighted by Crippen LogP contribution is -2.14. The van der Waals surface area contributed by atoms with Crippen LogP contribution >= 0.6 is 12.6 Å². The fourth-order valence-corrected chi connectivity index (χ4v) is 3.78. The molecule has 0 spiro atoms. The average molecular weight is 256 g/mol. The number of thiol groups is 1. The third kappa shape index (κ3) is 6.74. The van der Waals surface area contributed by atoms with Crippen LogP contribution in [0.2, 0.25) is 0 Å². The van der Waals surface area contributed by atoms with E-state index >= 15 is 0 Å². The van der Waals surface area contributed by atoms with Gasteiger partial charge in [-0.1, -0.05) is 71.6 Å². The predicted octanol–water partition coefficient (Wildman–Crippen LogP) is 5.72. The SMILES string of the molecule is CCCC1CCC(CCC[C@@H](C)CCS)CC1. The molecule has 0 saturated heterocycles. The Bertz CT molecular complexity index is 170. The first-order valence-corrected chi connectivity index (χ1v) is 8.50. The van der Waals surface area contributed by atoms with E-state index in [1.165, 1.54) is 64.2 Å². The smallest absolute Gasteiger partial charge is 0.00954 e. The molecule has 0 aromatic heterocycles. The minimum atomic E-state index is 0.893. The Hall–Kier alpha value is 0.350. The summed E-state index contributed by atoms with van der Waals surface area (Å²) in [5.74, 6) is 4.08. The van der Waals surface area contributed by atoms with Crippen LogP contribution in [0.3, 0.4) is 0 Å². The van der Waals surface area contributed by atoms with Crippen LogP contribution in [-0.4, -0.2) is 5.75 Å². The van der Waals surface area contributed by atoms with Gasteiger partial charge in [0.15, 0.2) is 0 Å². The van der Waals surface area contributed by atoms with E-state index in [0.29, 0.717) is 0 Å². The summed E-state index contributed by atoms with van der Waals surface area (Å²) in [5.41, 5.74) is 0. The summed E-state index contributed by atoms with van der Waals surface area (Å²) in [6.45, 7) is 4.71. The molecule has 1 atom stereocenters. The van der Waals surface area contributed by atoms with E-state index in [-0.39, 0.29) is 0 Å². The van der Waals surface area contributed by atoms with Crippen molar-refractivity contribution in [2.75, 3.05) is 5.75 Å². The highest BCUT2D eigenvalue weighted by Crippen LogP contribution is 2.34. The van der Waals surface area contributed by atoms with Gasteiger partial charge in [-0.05, 0) is 29.9 Å². The van der Waals surface area contributed by atoms with Crippen molar-refractivity contribution in [3.05, 3.63) is 0 Å². The fourth-order valence-electron chi connectivity index (χ4n) is 3.34. The van der Waals surface area contributed by atoms with Crippen LogP contribution < -0.4 is 0 Å². The van der Waals surface area contributed by atoms with E-state index in [1.807, 2.05) is 0 Å². The van der Waals surface area contributed by atoms with Crippen LogP contribution in [0.4, 0.5) is 0 Å². The topological polar surface area (TPSA) is 0 Å². The van der Waals surface area contributed by atoms with Gasteiger partial charge in [-0.2, -0.15) is 12.6 Å². The van der Waals surface area contributed by atoms with Crippen LogP contribution in [0.5, 0.6) is 0 Å². The average Bonchev–Trinajstić information content (AvgIpc) is 2.32. The second-order valence-electron chi connectivity index (χ2n) is 6.22. The molecule has 1 aliphatic carbocycles. The lowest BCUT2D eigenvalue weighted by molar-refractivity contribution is 0.245. The van der Waals surface area contributed by atoms with Gasteiger partial charge in [-0.3, -0.25) is 0 Å². The molecule has 1 heteroatoms. The minimum absolute atomic E-state index is 0.893. The zero-order valence-electron chi connectivity index (χ0n) is 12.0. The molecule has 0 aromatic carbocycles. The van der Waals surface area contributed by atoms with Gasteiger partial charge < -0.3 is 0 Å². The van der Waals surface area contributed by atoms with Crippen LogP contribution in [-0.2, 0) is 0 Å². The molecule has 1 aliphatic rings. The van der Waals surface area contributed by atoms with Crippen molar-refractivity contribution in [3.8, 4) is 0 Å². The first kappa shape index (κ1) is 15.4. The van der Waals surface area contributed by atoms with Gasteiger partial charge in [-0.25, -0.2) is 0 Å². The highest BCUT2D eigenvalue weighted by atomic mass is 32.1. The second kappa shape index (κ2) is 9.30. The maximum atomic E-state index is 4.31. The first-order chi connectivity index (χ1) is 8.26. The maximum absolute atomic E-state index is 4.31. The normalized spacial score (nSPS) is 27.0. The van der Waals surface area contributed by atoms with E-state index in [0.717, 1.165) is 23.5 Å². The van der Waals surface area contributed by atoms with Gasteiger partial charge in [0.1, 0.15) is 0 Å². The van der Waals surface area contributed by atoms with Crippen molar-refractivity contribution in [1.82, 2.24) is 0 Å². The lowest BCUT2D eigenvalue weighted by atomic mass is 9.78. The lowest BCUT2D eigenvalue weighted by Gasteiger charge is -2.28. The Balaban J connectivity index is 2.02. The Kier molecular flexibility index (Phi) is 8.43. The molecule has 1 saturated carbocycles. The van der Waals surface area contributed by atoms with Crippen LogP contribution in [0.15, 0.2) is 0 Å². The summed E-state index contributed by atoms with van der Waals surface area (Å²) in [6.07, 6.45) is 14.6. The van der Waals surface area contributed by atoms with Gasteiger partial charge in [0.2, 0.25) is 0 Å². The second-order valence-corrected chi connectivity index (χ2v) is 6.67. The largest absolute Gasteiger partial charge is 0.179 e. The third-order valence-corrected chi connectivity index (χ3v) is 4.85. The van der Waals surface area contributed by atoms with Crippen molar-refractivity contribution >= 4 is 12.6 Å². The molecule has 0 amide bonds. The summed E-state index contributed by atoms with van der Waals surface area (Å²) in [7, 11) is 0. The van der Waals surface area contributed by atoms with Gasteiger partial charge in [0.25, 0.3) is 0 Å². The molecule has 102 valence electrons. The monoisotopic (exact) mass is 256 g/mol. The molecule has 17 heavy (non-hydrogen) atoms. The van der Waals surface area contributed by atoms with Crippen molar-refractivity contribution in [2.45, 2.75) is 78.1 Å². The molecule has 0 heterocycles. The summed E-state index contributed by atoms with van der Waals surface area (Å²) < 4.78 is 0. The summed E-state index contributed by atoms with van der Waals surface area (Å²) >= 11 is 4.31. The summed E-state index contributed by atoms with van der Waals surface area (Å²) in [5, 5.41) is 0. The zero-order valence-corrected chi connectivity index (χ0v) is 12.9. The third-order valence-electron chi connectivity index (χ3n) is 4.59. The van der Waals surface area contributed by atoms with E-state index in [4.69, 9.17) is 0 Å². The van der Waals surface area contributed by atoms with Gasteiger partial charge in [0.05, 0.1) is 0 Å². The van der Waals surface area contributed by atoms with Crippen molar-refractivity contribution < 1.29 is 0 Å². The van der Waals surface area contributed by atoms with Gasteiger partial charge in [-0.15, -0.1) is 0 Å². The van der Waals surface area contributed by atoms with Crippen LogP contribution in [0.1, 0.15) is 78.1 Å². The first-order valence-electron chi connectivity index (χ1n) is 7.87. The molecule has 0 radical (unpaired) electrons. The van der Waals surface area contributed by atoms with E-state index in [2.05, 4.69) is 26.5 Å². The van der Waals surface area contributed by atoms with Gasteiger partial charge >= 0.3 is 0 Å². The molecule has 0 N–H and O–H groups in total. The maximum Gasteiger partial charge on any atom is -0.00954 e. The Morgan fingerprint density at radius 1 is 1.00 bits per heavy atom. The van der Waals surface area contributed by atoms with E-state index in [1.54, 1.807) is 0 Å². The highest BCUT2D eigenvalue weighted by Gasteiger charge is 2.20. The Labute approximate surface area is 114 Å². The molecule has 0 nitrogen and oxygen atoms in total. The van der Waals surface area contributed by atoms with Crippen LogP contribution in [0, 0.1) is 17.8 Å². The Morgan fingerprint density at radius 2 is 1.59 bits per heavy atom. The van der Waals surface area contributed by atoms with Gasteiger partial charge in [0, 0.05) is 0 Å². The molecule has 0 aromatic rings. The van der Waals surface area contributed by atoms with Crippen molar-refractivity contribution in [3.63, 3.8) is 0 Å². The molecule has 1 fully saturated rings. The molecule has 0 bridgehead atoms. The number of hydrogen-bond acceptors (Lipinski definition) is 1. The molecular formula is C16H32S. The quantitative estimate of drug-likeness (QED) is 0.528. The number of rotatable bonds is 8. The predicted molar refractivity (Wildman–Crippen MR) is 81.8 cm³/mol. The summed E-state index contributed by atoms with van der Waals surface area (Å²) in [4.78, 5) is 0. The molecule has 0 unspecified atom stereocenters. The van der Waals surface area contributed by atoms with E-state index < -0.39 is 0 Å².